The SMILES string of the molecule is CNC(C)CNC(=O)C1(c2ccc(F)cc2)CCCC1.Cl. The Morgan fingerprint density at radius 3 is 2.38 bits per heavy atom. The van der Waals surface area contributed by atoms with Crippen LogP contribution in [0.25, 0.3) is 0 Å². The van der Waals surface area contributed by atoms with E-state index < -0.39 is 5.41 Å². The molecule has 118 valence electrons. The molecule has 0 bridgehead atoms. The maximum absolute atomic E-state index is 13.1. The van der Waals surface area contributed by atoms with E-state index in [1.54, 1.807) is 12.1 Å². The highest BCUT2D eigenvalue weighted by molar-refractivity contribution is 5.88. The number of carbonyl (C=O) groups is 1. The van der Waals surface area contributed by atoms with Gasteiger partial charge < -0.3 is 10.6 Å². The van der Waals surface area contributed by atoms with Crippen LogP contribution in [0.4, 0.5) is 4.39 Å². The third-order valence-corrected chi connectivity index (χ3v) is 4.35. The Balaban J connectivity index is 0.00000220. The van der Waals surface area contributed by atoms with Crippen molar-refractivity contribution in [3.05, 3.63) is 35.6 Å². The van der Waals surface area contributed by atoms with Gasteiger partial charge in [0.2, 0.25) is 5.91 Å². The van der Waals surface area contributed by atoms with Gasteiger partial charge in [0, 0.05) is 12.6 Å². The van der Waals surface area contributed by atoms with Crippen molar-refractivity contribution in [3.63, 3.8) is 0 Å². The number of carbonyl (C=O) groups excluding carboxylic acids is 1. The first-order valence-corrected chi connectivity index (χ1v) is 7.30. The van der Waals surface area contributed by atoms with Gasteiger partial charge >= 0.3 is 0 Å². The number of nitrogens with one attached hydrogen (secondary N) is 2. The van der Waals surface area contributed by atoms with Crippen LogP contribution in [0.3, 0.4) is 0 Å². The fourth-order valence-electron chi connectivity index (χ4n) is 2.91. The van der Waals surface area contributed by atoms with Gasteiger partial charge in [0.05, 0.1) is 5.41 Å². The van der Waals surface area contributed by atoms with Crippen LogP contribution in [-0.2, 0) is 10.2 Å². The Hall–Kier alpha value is -1.13. The van der Waals surface area contributed by atoms with E-state index in [4.69, 9.17) is 0 Å². The van der Waals surface area contributed by atoms with Crippen LogP contribution in [0, 0.1) is 5.82 Å². The first kappa shape index (κ1) is 17.9. The second-order valence-corrected chi connectivity index (χ2v) is 5.70. The number of hydrogen-bond acceptors (Lipinski definition) is 2. The second-order valence-electron chi connectivity index (χ2n) is 5.70. The first-order chi connectivity index (χ1) is 9.58. The van der Waals surface area contributed by atoms with Crippen molar-refractivity contribution < 1.29 is 9.18 Å². The molecule has 0 saturated heterocycles. The molecule has 1 fully saturated rings. The predicted octanol–water partition coefficient (Wildman–Crippen LogP) is 2.78. The lowest BCUT2D eigenvalue weighted by molar-refractivity contribution is -0.126. The van der Waals surface area contributed by atoms with Gasteiger partial charge in [-0.15, -0.1) is 12.4 Å². The van der Waals surface area contributed by atoms with Crippen molar-refractivity contribution in [2.45, 2.75) is 44.1 Å². The van der Waals surface area contributed by atoms with E-state index in [0.717, 1.165) is 31.2 Å². The normalized spacial score (nSPS) is 17.9. The van der Waals surface area contributed by atoms with Crippen LogP contribution in [0.2, 0.25) is 0 Å². The smallest absolute Gasteiger partial charge is 0.230 e. The molecule has 1 unspecified atom stereocenters. The van der Waals surface area contributed by atoms with Gasteiger partial charge in [0.1, 0.15) is 5.82 Å². The molecular weight excluding hydrogens is 291 g/mol. The summed E-state index contributed by atoms with van der Waals surface area (Å²) in [6.07, 6.45) is 3.79. The maximum atomic E-state index is 13.1. The number of hydrogen-bond donors (Lipinski definition) is 2. The molecule has 1 saturated carbocycles. The van der Waals surface area contributed by atoms with Crippen LogP contribution >= 0.6 is 12.4 Å². The fourth-order valence-corrected chi connectivity index (χ4v) is 2.91. The van der Waals surface area contributed by atoms with Crippen LogP contribution in [0.1, 0.15) is 38.2 Å². The van der Waals surface area contributed by atoms with E-state index in [1.165, 1.54) is 12.1 Å². The lowest BCUT2D eigenvalue weighted by Crippen LogP contribution is -2.46. The number of likely N-dealkylation sites (N-methyl/N-ethyl adjacent to an activating group) is 1. The van der Waals surface area contributed by atoms with Crippen molar-refractivity contribution in [3.8, 4) is 0 Å². The summed E-state index contributed by atoms with van der Waals surface area (Å²) in [6, 6.07) is 6.63. The van der Waals surface area contributed by atoms with E-state index in [1.807, 2.05) is 14.0 Å². The number of rotatable bonds is 5. The third-order valence-electron chi connectivity index (χ3n) is 4.35. The van der Waals surface area contributed by atoms with Gasteiger partial charge in [-0.25, -0.2) is 4.39 Å². The van der Waals surface area contributed by atoms with Gasteiger partial charge in [-0.2, -0.15) is 0 Å². The Labute approximate surface area is 132 Å². The molecule has 1 amide bonds. The monoisotopic (exact) mass is 314 g/mol. The van der Waals surface area contributed by atoms with Crippen LogP contribution in [-0.4, -0.2) is 25.5 Å². The van der Waals surface area contributed by atoms with Crippen molar-refractivity contribution in [2.24, 2.45) is 0 Å². The first-order valence-electron chi connectivity index (χ1n) is 7.30. The van der Waals surface area contributed by atoms with Gasteiger partial charge in [-0.1, -0.05) is 25.0 Å². The fraction of sp³-hybridized carbons (Fsp3) is 0.562. The summed E-state index contributed by atoms with van der Waals surface area (Å²) in [5, 5.41) is 6.14. The molecule has 1 aromatic carbocycles. The second kappa shape index (κ2) is 7.76. The number of amides is 1. The molecule has 2 rings (SSSR count). The van der Waals surface area contributed by atoms with Gasteiger partial charge in [-0.05, 0) is 44.5 Å². The largest absolute Gasteiger partial charge is 0.354 e. The van der Waals surface area contributed by atoms with E-state index >= 15 is 0 Å². The molecule has 0 radical (unpaired) electrons. The molecule has 0 heterocycles. The Kier molecular flexibility index (Phi) is 6.62. The summed E-state index contributed by atoms with van der Waals surface area (Å²) in [5.41, 5.74) is 0.465. The minimum absolute atomic E-state index is 0. The number of halogens is 2. The quantitative estimate of drug-likeness (QED) is 0.877. The zero-order valence-electron chi connectivity index (χ0n) is 12.6. The molecule has 0 spiro atoms. The van der Waals surface area contributed by atoms with Crippen molar-refractivity contribution >= 4 is 18.3 Å². The molecule has 2 N–H and O–H groups in total. The standard InChI is InChI=1S/C16H23FN2O.ClH/c1-12(18-2)11-19-15(20)16(9-3-4-10-16)13-5-7-14(17)8-6-13;/h5-8,12,18H,3-4,9-11H2,1-2H3,(H,19,20);1H. The summed E-state index contributed by atoms with van der Waals surface area (Å²) in [4.78, 5) is 12.6. The highest BCUT2D eigenvalue weighted by atomic mass is 35.5. The zero-order valence-corrected chi connectivity index (χ0v) is 13.4. The molecule has 0 aromatic heterocycles. The summed E-state index contributed by atoms with van der Waals surface area (Å²) >= 11 is 0. The topological polar surface area (TPSA) is 41.1 Å². The minimum Gasteiger partial charge on any atom is -0.354 e. The van der Waals surface area contributed by atoms with Crippen molar-refractivity contribution in [1.82, 2.24) is 10.6 Å². The summed E-state index contributed by atoms with van der Waals surface area (Å²) in [5.74, 6) is -0.185. The Morgan fingerprint density at radius 1 is 1.29 bits per heavy atom. The molecule has 1 aliphatic carbocycles. The highest BCUT2D eigenvalue weighted by Gasteiger charge is 2.42. The molecule has 3 nitrogen and oxygen atoms in total. The van der Waals surface area contributed by atoms with E-state index in [0.29, 0.717) is 6.54 Å². The summed E-state index contributed by atoms with van der Waals surface area (Å²) < 4.78 is 13.1. The summed E-state index contributed by atoms with van der Waals surface area (Å²) in [7, 11) is 1.88. The molecule has 0 aliphatic heterocycles. The maximum Gasteiger partial charge on any atom is 0.230 e. The Morgan fingerprint density at radius 2 is 1.86 bits per heavy atom. The van der Waals surface area contributed by atoms with Crippen LogP contribution in [0.15, 0.2) is 24.3 Å². The van der Waals surface area contributed by atoms with Crippen LogP contribution < -0.4 is 10.6 Å². The van der Waals surface area contributed by atoms with Gasteiger partial charge in [0.15, 0.2) is 0 Å². The molecule has 1 aromatic rings. The Bertz CT molecular complexity index is 458. The van der Waals surface area contributed by atoms with Gasteiger partial charge in [-0.3, -0.25) is 4.79 Å². The lowest BCUT2D eigenvalue weighted by atomic mass is 9.78. The average molecular weight is 315 g/mol. The average Bonchev–Trinajstić information content (AvgIpc) is 2.95. The van der Waals surface area contributed by atoms with Crippen molar-refractivity contribution in [1.29, 1.82) is 0 Å². The lowest BCUT2D eigenvalue weighted by Gasteiger charge is -2.29. The molecule has 1 aliphatic rings. The molecular formula is C16H24ClFN2O. The van der Waals surface area contributed by atoms with E-state index in [2.05, 4.69) is 10.6 Å². The van der Waals surface area contributed by atoms with Crippen molar-refractivity contribution in [2.75, 3.05) is 13.6 Å². The van der Waals surface area contributed by atoms with Crippen LogP contribution in [0.5, 0.6) is 0 Å². The minimum atomic E-state index is -0.471. The molecule has 1 atom stereocenters. The predicted molar refractivity (Wildman–Crippen MR) is 85.3 cm³/mol. The highest BCUT2D eigenvalue weighted by Crippen LogP contribution is 2.41. The van der Waals surface area contributed by atoms with E-state index in [-0.39, 0.29) is 30.2 Å². The third kappa shape index (κ3) is 3.95. The summed E-state index contributed by atoms with van der Waals surface area (Å²) in [6.45, 7) is 2.64. The van der Waals surface area contributed by atoms with Gasteiger partial charge in [0.25, 0.3) is 0 Å². The zero-order chi connectivity index (χ0) is 14.6. The van der Waals surface area contributed by atoms with E-state index in [9.17, 15) is 9.18 Å². The molecule has 21 heavy (non-hydrogen) atoms. The number of benzene rings is 1. The molecule has 5 heteroatoms.